The molecule has 2 amide bonds. The summed E-state index contributed by atoms with van der Waals surface area (Å²) in [4.78, 5) is 29.2. The van der Waals surface area contributed by atoms with Crippen LogP contribution in [0.4, 0.5) is 5.69 Å². The maximum Gasteiger partial charge on any atom is 0.251 e. The number of para-hydroxylation sites is 1. The summed E-state index contributed by atoms with van der Waals surface area (Å²) in [6.45, 7) is 2.23. The molecule has 0 aliphatic carbocycles. The van der Waals surface area contributed by atoms with Crippen molar-refractivity contribution in [2.24, 2.45) is 38.1 Å². The van der Waals surface area contributed by atoms with Gasteiger partial charge in [-0.2, -0.15) is 5.10 Å². The quantitative estimate of drug-likeness (QED) is 0.111. The molecule has 0 atom stereocenters. The van der Waals surface area contributed by atoms with Gasteiger partial charge in [-0.05, 0) is 48.4 Å². The number of nitrogens with one attached hydrogen (secondary N) is 2. The molecule has 11 heteroatoms. The van der Waals surface area contributed by atoms with Crippen LogP contribution in [0.5, 0.6) is 0 Å². The van der Waals surface area contributed by atoms with Crippen LogP contribution in [0.3, 0.4) is 0 Å². The number of rotatable bonds is 9. The van der Waals surface area contributed by atoms with Crippen molar-refractivity contribution in [1.29, 1.82) is 0 Å². The summed E-state index contributed by atoms with van der Waals surface area (Å²) in [5.41, 5.74) is 26.1. The zero-order valence-corrected chi connectivity index (χ0v) is 20.3. The Kier molecular flexibility index (Phi) is 8.92. The Morgan fingerprint density at radius 1 is 0.703 bits per heavy atom. The number of hydrogen-bond acceptors (Lipinski definition) is 5. The van der Waals surface area contributed by atoms with E-state index in [9.17, 15) is 9.59 Å². The lowest BCUT2D eigenvalue weighted by Gasteiger charge is -2.09. The standard InChI is InChI=1S/C26H29N9O2/c1-16(34-35-26(29)30)19-5-4-6-20(15-19)24(37)32-14-13-31-23(36)18-11-9-17(10-12-18)21-7-2-3-8-22(21)33-25(27)28/h2-12,15H,13-14H2,1H3,(H,31,36)(H,32,37)(H4,27,28,33)(H4,29,30,35)/b34-16+. The number of amides is 2. The Morgan fingerprint density at radius 2 is 1.32 bits per heavy atom. The number of aliphatic imine (C=N–C) groups is 1. The van der Waals surface area contributed by atoms with Crippen LogP contribution in [0, 0.1) is 0 Å². The molecule has 0 bridgehead atoms. The largest absolute Gasteiger partial charge is 0.370 e. The van der Waals surface area contributed by atoms with Crippen molar-refractivity contribution in [1.82, 2.24) is 10.6 Å². The predicted molar refractivity (Wildman–Crippen MR) is 146 cm³/mol. The molecule has 0 aliphatic heterocycles. The average Bonchev–Trinajstić information content (AvgIpc) is 2.89. The number of carbonyl (C=O) groups is 2. The van der Waals surface area contributed by atoms with Gasteiger partial charge in [-0.1, -0.05) is 42.5 Å². The fraction of sp³-hybridized carbons (Fsp3) is 0.115. The van der Waals surface area contributed by atoms with E-state index in [1.807, 2.05) is 36.4 Å². The van der Waals surface area contributed by atoms with E-state index in [2.05, 4.69) is 25.8 Å². The van der Waals surface area contributed by atoms with Crippen molar-refractivity contribution < 1.29 is 9.59 Å². The second-order valence-corrected chi connectivity index (χ2v) is 7.93. The number of carbonyl (C=O) groups excluding carboxylic acids is 2. The molecule has 0 saturated carbocycles. The Morgan fingerprint density at radius 3 is 1.97 bits per heavy atom. The van der Waals surface area contributed by atoms with Gasteiger partial charge in [0.05, 0.1) is 11.4 Å². The van der Waals surface area contributed by atoms with Gasteiger partial charge in [-0.25, -0.2) is 4.99 Å². The van der Waals surface area contributed by atoms with E-state index in [0.29, 0.717) is 28.1 Å². The van der Waals surface area contributed by atoms with Gasteiger partial charge in [0, 0.05) is 29.8 Å². The smallest absolute Gasteiger partial charge is 0.251 e. The Bertz CT molecular complexity index is 1350. The molecule has 190 valence electrons. The number of nitrogens with zero attached hydrogens (tertiary/aromatic N) is 3. The van der Waals surface area contributed by atoms with Gasteiger partial charge in [-0.3, -0.25) is 9.59 Å². The molecule has 0 fully saturated rings. The van der Waals surface area contributed by atoms with Crippen molar-refractivity contribution in [2.75, 3.05) is 13.1 Å². The summed E-state index contributed by atoms with van der Waals surface area (Å²) < 4.78 is 0. The molecule has 10 N–H and O–H groups in total. The molecular formula is C26H29N9O2. The Labute approximate surface area is 214 Å². The molecule has 3 aromatic rings. The van der Waals surface area contributed by atoms with Gasteiger partial charge >= 0.3 is 0 Å². The zero-order valence-electron chi connectivity index (χ0n) is 20.3. The SMILES string of the molecule is C/C(=N\N=C(N)N)c1cccc(C(=O)NCCNC(=O)c2ccc(-c3ccccc3N=C(N)N)cc2)c1. The highest BCUT2D eigenvalue weighted by molar-refractivity contribution is 6.02. The van der Waals surface area contributed by atoms with E-state index < -0.39 is 0 Å². The molecule has 0 aliphatic rings. The van der Waals surface area contributed by atoms with E-state index in [4.69, 9.17) is 22.9 Å². The summed E-state index contributed by atoms with van der Waals surface area (Å²) in [7, 11) is 0. The molecule has 0 saturated heterocycles. The molecule has 37 heavy (non-hydrogen) atoms. The number of guanidine groups is 2. The minimum atomic E-state index is -0.283. The van der Waals surface area contributed by atoms with E-state index in [1.54, 1.807) is 43.3 Å². The van der Waals surface area contributed by atoms with Crippen LogP contribution in [-0.2, 0) is 0 Å². The number of nitrogens with two attached hydrogens (primary N) is 4. The fourth-order valence-corrected chi connectivity index (χ4v) is 3.39. The maximum atomic E-state index is 12.5. The third-order valence-electron chi connectivity index (χ3n) is 5.17. The molecular weight excluding hydrogens is 470 g/mol. The van der Waals surface area contributed by atoms with Crippen molar-refractivity contribution in [2.45, 2.75) is 6.92 Å². The van der Waals surface area contributed by atoms with Crippen LogP contribution in [0.2, 0.25) is 0 Å². The van der Waals surface area contributed by atoms with Crippen molar-refractivity contribution in [3.05, 3.63) is 89.5 Å². The van der Waals surface area contributed by atoms with Gasteiger partial charge in [0.25, 0.3) is 11.8 Å². The van der Waals surface area contributed by atoms with Crippen LogP contribution >= 0.6 is 0 Å². The maximum absolute atomic E-state index is 12.5. The van der Waals surface area contributed by atoms with Crippen molar-refractivity contribution in [3.63, 3.8) is 0 Å². The van der Waals surface area contributed by atoms with Gasteiger partial charge in [0.15, 0.2) is 5.96 Å². The highest BCUT2D eigenvalue weighted by Crippen LogP contribution is 2.30. The minimum absolute atomic E-state index is 0.0324. The lowest BCUT2D eigenvalue weighted by molar-refractivity contribution is 0.0927. The van der Waals surface area contributed by atoms with Crippen LogP contribution in [0.15, 0.2) is 88.0 Å². The highest BCUT2D eigenvalue weighted by Gasteiger charge is 2.10. The molecule has 0 unspecified atom stereocenters. The lowest BCUT2D eigenvalue weighted by atomic mass is 10.0. The van der Waals surface area contributed by atoms with Crippen molar-refractivity contribution >= 4 is 35.1 Å². The lowest BCUT2D eigenvalue weighted by Crippen LogP contribution is -2.34. The summed E-state index contributed by atoms with van der Waals surface area (Å²) in [6.07, 6.45) is 0. The zero-order chi connectivity index (χ0) is 26.8. The van der Waals surface area contributed by atoms with Crippen LogP contribution in [0.25, 0.3) is 11.1 Å². The van der Waals surface area contributed by atoms with Crippen LogP contribution in [0.1, 0.15) is 33.2 Å². The molecule has 0 heterocycles. The first kappa shape index (κ1) is 26.4. The third-order valence-corrected chi connectivity index (χ3v) is 5.17. The monoisotopic (exact) mass is 499 g/mol. The van der Waals surface area contributed by atoms with Gasteiger partial charge in [0.2, 0.25) is 5.96 Å². The molecule has 0 spiro atoms. The predicted octanol–water partition coefficient (Wildman–Crippen LogP) is 1.42. The molecule has 0 aromatic heterocycles. The summed E-state index contributed by atoms with van der Waals surface area (Å²) in [5.74, 6) is -0.726. The number of benzene rings is 3. The first-order valence-electron chi connectivity index (χ1n) is 11.3. The van der Waals surface area contributed by atoms with Gasteiger partial charge in [-0.15, -0.1) is 5.10 Å². The van der Waals surface area contributed by atoms with Crippen molar-refractivity contribution in [3.8, 4) is 11.1 Å². The van der Waals surface area contributed by atoms with E-state index in [0.717, 1.165) is 11.1 Å². The summed E-state index contributed by atoms with van der Waals surface area (Å²) in [5, 5.41) is 13.1. The van der Waals surface area contributed by atoms with Crippen LogP contribution in [-0.4, -0.2) is 42.5 Å². The second kappa shape index (κ2) is 12.5. The fourth-order valence-electron chi connectivity index (χ4n) is 3.39. The van der Waals surface area contributed by atoms with Gasteiger partial charge in [0.1, 0.15) is 0 Å². The Balaban J connectivity index is 1.54. The normalized spacial score (nSPS) is 10.8. The summed E-state index contributed by atoms with van der Waals surface area (Å²) in [6, 6.07) is 21.4. The van der Waals surface area contributed by atoms with Gasteiger partial charge < -0.3 is 33.6 Å². The summed E-state index contributed by atoms with van der Waals surface area (Å²) >= 11 is 0. The Hall–Kier alpha value is -5.19. The first-order chi connectivity index (χ1) is 17.7. The minimum Gasteiger partial charge on any atom is -0.370 e. The van der Waals surface area contributed by atoms with E-state index in [-0.39, 0.29) is 36.8 Å². The third kappa shape index (κ3) is 7.65. The number of hydrogen-bond donors (Lipinski definition) is 6. The molecule has 0 radical (unpaired) electrons. The second-order valence-electron chi connectivity index (χ2n) is 7.93. The van der Waals surface area contributed by atoms with Crippen LogP contribution < -0.4 is 33.6 Å². The molecule has 3 aromatic carbocycles. The molecule has 3 rings (SSSR count). The highest BCUT2D eigenvalue weighted by atomic mass is 16.2. The average molecular weight is 500 g/mol. The molecule has 11 nitrogen and oxygen atoms in total. The van der Waals surface area contributed by atoms with E-state index in [1.165, 1.54) is 0 Å². The first-order valence-corrected chi connectivity index (χ1v) is 11.3. The van der Waals surface area contributed by atoms with E-state index >= 15 is 0 Å². The topological polar surface area (TPSA) is 199 Å².